The van der Waals surface area contributed by atoms with Crippen LogP contribution >= 0.6 is 22.7 Å². The summed E-state index contributed by atoms with van der Waals surface area (Å²) in [4.78, 5) is 25.7. The van der Waals surface area contributed by atoms with Gasteiger partial charge < -0.3 is 4.98 Å². The SMILES string of the molecule is C/C(=C\c1cnc(C(C)(C)C)s1)c1nc2sccc2c(=O)[nH]1. The number of fused-ring (bicyclic) bond motifs is 1. The fraction of sp³-hybridized carbons (Fsp3) is 0.312. The lowest BCUT2D eigenvalue weighted by Crippen LogP contribution is -2.09. The Hall–Kier alpha value is -1.79. The van der Waals surface area contributed by atoms with Crippen LogP contribution in [0.3, 0.4) is 0 Å². The molecule has 114 valence electrons. The summed E-state index contributed by atoms with van der Waals surface area (Å²) < 4.78 is 0. The fourth-order valence-electron chi connectivity index (χ4n) is 2.03. The number of nitrogens with zero attached hydrogens (tertiary/aromatic N) is 2. The van der Waals surface area contributed by atoms with Crippen LogP contribution in [0.4, 0.5) is 0 Å². The van der Waals surface area contributed by atoms with E-state index in [1.165, 1.54) is 11.3 Å². The fourth-order valence-corrected chi connectivity index (χ4v) is 3.77. The van der Waals surface area contributed by atoms with Crippen LogP contribution in [-0.2, 0) is 5.41 Å². The maximum absolute atomic E-state index is 12.0. The molecule has 0 atom stereocenters. The summed E-state index contributed by atoms with van der Waals surface area (Å²) in [6.07, 6.45) is 3.89. The maximum Gasteiger partial charge on any atom is 0.259 e. The van der Waals surface area contributed by atoms with Crippen LogP contribution in [0.1, 0.15) is 43.4 Å². The zero-order valence-electron chi connectivity index (χ0n) is 12.9. The summed E-state index contributed by atoms with van der Waals surface area (Å²) in [5, 5.41) is 3.63. The van der Waals surface area contributed by atoms with Crippen molar-refractivity contribution in [1.82, 2.24) is 15.0 Å². The molecule has 3 aromatic rings. The Labute approximate surface area is 136 Å². The Balaban J connectivity index is 1.99. The molecular formula is C16H17N3OS2. The monoisotopic (exact) mass is 331 g/mol. The van der Waals surface area contributed by atoms with E-state index < -0.39 is 0 Å². The van der Waals surface area contributed by atoms with Gasteiger partial charge in [0.05, 0.1) is 10.4 Å². The first kappa shape index (κ1) is 15.1. The third-order valence-corrected chi connectivity index (χ3v) is 5.41. The second kappa shape index (κ2) is 5.44. The summed E-state index contributed by atoms with van der Waals surface area (Å²) in [6, 6.07) is 1.80. The molecule has 0 saturated heterocycles. The van der Waals surface area contributed by atoms with Crippen molar-refractivity contribution in [2.45, 2.75) is 33.1 Å². The highest BCUT2D eigenvalue weighted by Crippen LogP contribution is 2.28. The molecule has 0 aliphatic heterocycles. The van der Waals surface area contributed by atoms with Gasteiger partial charge in [-0.25, -0.2) is 9.97 Å². The zero-order chi connectivity index (χ0) is 15.9. The van der Waals surface area contributed by atoms with Crippen LogP contribution in [-0.4, -0.2) is 15.0 Å². The van der Waals surface area contributed by atoms with E-state index in [0.29, 0.717) is 11.2 Å². The minimum atomic E-state index is -0.0892. The molecule has 0 aromatic carbocycles. The second-order valence-electron chi connectivity index (χ2n) is 6.20. The van der Waals surface area contributed by atoms with Crippen LogP contribution in [0, 0.1) is 0 Å². The average molecular weight is 331 g/mol. The standard InChI is InChI=1S/C16H17N3OS2/c1-9(7-10-8-17-15(22-10)16(2,3)4)12-18-13(20)11-5-6-21-14(11)19-12/h5-8H,1-4H3,(H,18,19,20)/b9-7+. The highest BCUT2D eigenvalue weighted by molar-refractivity contribution is 7.16. The Morgan fingerprint density at radius 3 is 2.82 bits per heavy atom. The van der Waals surface area contributed by atoms with Crippen LogP contribution < -0.4 is 5.56 Å². The smallest absolute Gasteiger partial charge is 0.259 e. The minimum absolute atomic E-state index is 0.0487. The van der Waals surface area contributed by atoms with Gasteiger partial charge in [-0.2, -0.15) is 0 Å². The topological polar surface area (TPSA) is 58.6 Å². The van der Waals surface area contributed by atoms with Gasteiger partial charge in [-0.1, -0.05) is 20.8 Å². The Morgan fingerprint density at radius 2 is 2.14 bits per heavy atom. The van der Waals surface area contributed by atoms with Gasteiger partial charge in [0.15, 0.2) is 0 Å². The zero-order valence-corrected chi connectivity index (χ0v) is 14.6. The predicted molar refractivity (Wildman–Crippen MR) is 94.6 cm³/mol. The number of H-pyrrole nitrogens is 1. The van der Waals surface area contributed by atoms with Crippen molar-refractivity contribution in [1.29, 1.82) is 0 Å². The molecule has 22 heavy (non-hydrogen) atoms. The van der Waals surface area contributed by atoms with Gasteiger partial charge >= 0.3 is 0 Å². The molecule has 3 rings (SSSR count). The van der Waals surface area contributed by atoms with E-state index in [9.17, 15) is 4.79 Å². The molecule has 0 aliphatic rings. The molecule has 6 heteroatoms. The van der Waals surface area contributed by atoms with Crippen molar-refractivity contribution in [2.24, 2.45) is 0 Å². The third-order valence-electron chi connectivity index (χ3n) is 3.23. The van der Waals surface area contributed by atoms with Crippen molar-refractivity contribution in [3.05, 3.63) is 43.7 Å². The van der Waals surface area contributed by atoms with Crippen molar-refractivity contribution in [3.8, 4) is 0 Å². The van der Waals surface area contributed by atoms with Crippen LogP contribution in [0.25, 0.3) is 21.9 Å². The number of hydrogen-bond donors (Lipinski definition) is 1. The summed E-state index contributed by atoms with van der Waals surface area (Å²) in [7, 11) is 0. The Kier molecular flexibility index (Phi) is 3.74. The number of thiazole rings is 1. The molecule has 0 aliphatic carbocycles. The number of hydrogen-bond acceptors (Lipinski definition) is 5. The number of allylic oxidation sites excluding steroid dienone is 1. The molecule has 0 bridgehead atoms. The molecule has 0 radical (unpaired) electrons. The van der Waals surface area contributed by atoms with Crippen molar-refractivity contribution >= 4 is 44.5 Å². The minimum Gasteiger partial charge on any atom is -0.306 e. The van der Waals surface area contributed by atoms with Crippen molar-refractivity contribution in [2.75, 3.05) is 0 Å². The molecule has 3 aromatic heterocycles. The Bertz CT molecular complexity index is 909. The van der Waals surface area contributed by atoms with E-state index in [0.717, 1.165) is 20.3 Å². The lowest BCUT2D eigenvalue weighted by molar-refractivity contribution is 0.585. The largest absolute Gasteiger partial charge is 0.306 e. The van der Waals surface area contributed by atoms with Crippen LogP contribution in [0.5, 0.6) is 0 Å². The number of aromatic nitrogens is 3. The summed E-state index contributed by atoms with van der Waals surface area (Å²) in [5.74, 6) is 0.616. The first-order chi connectivity index (χ1) is 10.3. The number of thiophene rings is 1. The molecular weight excluding hydrogens is 314 g/mol. The first-order valence-corrected chi connectivity index (χ1v) is 8.67. The normalized spacial score (nSPS) is 13.0. The molecule has 4 nitrogen and oxygen atoms in total. The lowest BCUT2D eigenvalue weighted by Gasteiger charge is -2.13. The van der Waals surface area contributed by atoms with Crippen LogP contribution in [0.15, 0.2) is 22.4 Å². The highest BCUT2D eigenvalue weighted by atomic mass is 32.1. The first-order valence-electron chi connectivity index (χ1n) is 6.97. The third kappa shape index (κ3) is 2.89. The van der Waals surface area contributed by atoms with Gasteiger partial charge in [0.2, 0.25) is 0 Å². The predicted octanol–water partition coefficient (Wildman–Crippen LogP) is 4.30. The second-order valence-corrected chi connectivity index (χ2v) is 8.16. The molecule has 0 fully saturated rings. The van der Waals surface area contributed by atoms with Gasteiger partial charge in [0, 0.05) is 16.5 Å². The van der Waals surface area contributed by atoms with Crippen LogP contribution in [0.2, 0.25) is 0 Å². The van der Waals surface area contributed by atoms with E-state index in [1.54, 1.807) is 17.4 Å². The molecule has 3 heterocycles. The average Bonchev–Trinajstić information content (AvgIpc) is 3.06. The summed E-state index contributed by atoms with van der Waals surface area (Å²) in [6.45, 7) is 8.40. The summed E-state index contributed by atoms with van der Waals surface area (Å²) >= 11 is 3.15. The number of rotatable bonds is 2. The van der Waals surface area contributed by atoms with E-state index in [-0.39, 0.29) is 11.0 Å². The van der Waals surface area contributed by atoms with E-state index >= 15 is 0 Å². The van der Waals surface area contributed by atoms with E-state index in [4.69, 9.17) is 0 Å². The molecule has 0 unspecified atom stereocenters. The Morgan fingerprint density at radius 1 is 1.36 bits per heavy atom. The lowest BCUT2D eigenvalue weighted by atomic mass is 9.98. The van der Waals surface area contributed by atoms with Gasteiger partial charge in [-0.3, -0.25) is 4.79 Å². The molecule has 0 saturated carbocycles. The number of aromatic amines is 1. The summed E-state index contributed by atoms with van der Waals surface area (Å²) in [5.41, 5.74) is 0.887. The highest BCUT2D eigenvalue weighted by Gasteiger charge is 2.17. The molecule has 0 spiro atoms. The van der Waals surface area contributed by atoms with Gasteiger partial charge in [-0.05, 0) is 30.0 Å². The van der Waals surface area contributed by atoms with E-state index in [2.05, 4.69) is 35.7 Å². The van der Waals surface area contributed by atoms with Gasteiger partial charge in [-0.15, -0.1) is 22.7 Å². The van der Waals surface area contributed by atoms with Gasteiger partial charge in [0.25, 0.3) is 5.56 Å². The van der Waals surface area contributed by atoms with Crippen molar-refractivity contribution < 1.29 is 0 Å². The van der Waals surface area contributed by atoms with E-state index in [1.807, 2.05) is 24.6 Å². The quantitative estimate of drug-likeness (QED) is 0.761. The maximum atomic E-state index is 12.0. The van der Waals surface area contributed by atoms with Crippen molar-refractivity contribution in [3.63, 3.8) is 0 Å². The number of nitrogens with one attached hydrogen (secondary N) is 1. The molecule has 0 amide bonds. The van der Waals surface area contributed by atoms with Gasteiger partial charge in [0.1, 0.15) is 10.7 Å². The molecule has 1 N–H and O–H groups in total.